The van der Waals surface area contributed by atoms with E-state index in [-0.39, 0.29) is 31.1 Å². The van der Waals surface area contributed by atoms with Gasteiger partial charge in [0, 0.05) is 19.3 Å². The van der Waals surface area contributed by atoms with E-state index in [9.17, 15) is 14.4 Å². The SMILES string of the molecule is CCCCCCCCCCCCCCCC(=O)OC[C@H](COC(=O)CCCCCCCCCCC(C)C)OC(=O)CCCCCCCCCCCC. The summed E-state index contributed by atoms with van der Waals surface area (Å²) in [5.74, 6) is -0.0598. The molecule has 0 aromatic rings. The molecule has 0 N–H and O–H groups in total. The van der Waals surface area contributed by atoms with Crippen LogP contribution >= 0.6 is 0 Å². The van der Waals surface area contributed by atoms with Crippen molar-refractivity contribution >= 4 is 17.9 Å². The van der Waals surface area contributed by atoms with Crippen molar-refractivity contribution in [3.8, 4) is 0 Å². The topological polar surface area (TPSA) is 78.9 Å². The van der Waals surface area contributed by atoms with Gasteiger partial charge in [0.25, 0.3) is 0 Å². The molecule has 308 valence electrons. The lowest BCUT2D eigenvalue weighted by molar-refractivity contribution is -0.167. The molecule has 0 radical (unpaired) electrons. The van der Waals surface area contributed by atoms with Crippen LogP contribution < -0.4 is 0 Å². The Hall–Kier alpha value is -1.59. The third-order valence-electron chi connectivity index (χ3n) is 10.3. The summed E-state index contributed by atoms with van der Waals surface area (Å²) in [5, 5.41) is 0. The van der Waals surface area contributed by atoms with Gasteiger partial charge in [-0.15, -0.1) is 0 Å². The van der Waals surface area contributed by atoms with Crippen LogP contribution in [0.4, 0.5) is 0 Å². The molecule has 52 heavy (non-hydrogen) atoms. The second-order valence-electron chi connectivity index (χ2n) is 16.2. The van der Waals surface area contributed by atoms with Crippen molar-refractivity contribution in [3.05, 3.63) is 0 Å². The number of carbonyl (C=O) groups is 3. The highest BCUT2D eigenvalue weighted by molar-refractivity contribution is 5.71. The van der Waals surface area contributed by atoms with Gasteiger partial charge >= 0.3 is 17.9 Å². The largest absolute Gasteiger partial charge is 0.462 e. The number of esters is 3. The van der Waals surface area contributed by atoms with Crippen molar-refractivity contribution in [2.24, 2.45) is 5.92 Å². The van der Waals surface area contributed by atoms with E-state index in [1.165, 1.54) is 148 Å². The van der Waals surface area contributed by atoms with Gasteiger partial charge in [0.2, 0.25) is 0 Å². The normalized spacial score (nSPS) is 11.9. The summed E-state index contributed by atoms with van der Waals surface area (Å²) < 4.78 is 16.7. The van der Waals surface area contributed by atoms with Crippen LogP contribution in [0.3, 0.4) is 0 Å². The van der Waals surface area contributed by atoms with E-state index in [4.69, 9.17) is 14.2 Å². The van der Waals surface area contributed by atoms with Gasteiger partial charge in [-0.2, -0.15) is 0 Å². The van der Waals surface area contributed by atoms with Crippen molar-refractivity contribution < 1.29 is 28.6 Å². The molecule has 6 nitrogen and oxygen atoms in total. The lowest BCUT2D eigenvalue weighted by Crippen LogP contribution is -2.30. The number of ether oxygens (including phenoxy) is 3. The Morgan fingerprint density at radius 2 is 0.635 bits per heavy atom. The minimum atomic E-state index is -0.758. The molecule has 0 saturated heterocycles. The smallest absolute Gasteiger partial charge is 0.306 e. The monoisotopic (exact) mass is 737 g/mol. The van der Waals surface area contributed by atoms with Crippen molar-refractivity contribution in [2.45, 2.75) is 259 Å². The Morgan fingerprint density at radius 3 is 0.942 bits per heavy atom. The highest BCUT2D eigenvalue weighted by Crippen LogP contribution is 2.16. The Morgan fingerprint density at radius 1 is 0.365 bits per heavy atom. The van der Waals surface area contributed by atoms with Crippen LogP contribution in [0.5, 0.6) is 0 Å². The van der Waals surface area contributed by atoms with E-state index in [0.29, 0.717) is 19.3 Å². The highest BCUT2D eigenvalue weighted by atomic mass is 16.6. The molecular weight excluding hydrogens is 648 g/mol. The van der Waals surface area contributed by atoms with Crippen LogP contribution in [0, 0.1) is 5.92 Å². The summed E-state index contributed by atoms with van der Waals surface area (Å²) in [4.78, 5) is 37.7. The van der Waals surface area contributed by atoms with E-state index in [2.05, 4.69) is 27.7 Å². The molecule has 1 atom stereocenters. The summed E-state index contributed by atoms with van der Waals surface area (Å²) in [6, 6.07) is 0. The summed E-state index contributed by atoms with van der Waals surface area (Å²) >= 11 is 0. The average molecular weight is 737 g/mol. The first kappa shape index (κ1) is 50.4. The molecule has 0 aliphatic rings. The Bertz CT molecular complexity index is 781. The van der Waals surface area contributed by atoms with Gasteiger partial charge in [-0.05, 0) is 25.2 Å². The van der Waals surface area contributed by atoms with E-state index >= 15 is 0 Å². The van der Waals surface area contributed by atoms with Gasteiger partial charge in [0.05, 0.1) is 0 Å². The first-order valence-corrected chi connectivity index (χ1v) is 22.9. The predicted octanol–water partition coefficient (Wildman–Crippen LogP) is 14.3. The van der Waals surface area contributed by atoms with E-state index in [0.717, 1.165) is 63.7 Å². The second-order valence-corrected chi connectivity index (χ2v) is 16.2. The van der Waals surface area contributed by atoms with Gasteiger partial charge in [-0.25, -0.2) is 0 Å². The molecular formula is C46H88O6. The number of unbranched alkanes of at least 4 members (excludes halogenated alkanes) is 28. The van der Waals surface area contributed by atoms with Gasteiger partial charge < -0.3 is 14.2 Å². The maximum atomic E-state index is 12.7. The van der Waals surface area contributed by atoms with Crippen LogP contribution in [-0.4, -0.2) is 37.2 Å². The predicted molar refractivity (Wildman–Crippen MR) is 220 cm³/mol. The van der Waals surface area contributed by atoms with Gasteiger partial charge in [-0.1, -0.05) is 214 Å². The molecule has 0 aromatic heterocycles. The molecule has 0 aliphatic carbocycles. The lowest BCUT2D eigenvalue weighted by atomic mass is 10.0. The van der Waals surface area contributed by atoms with Crippen molar-refractivity contribution in [3.63, 3.8) is 0 Å². The fourth-order valence-electron chi connectivity index (χ4n) is 6.80. The minimum Gasteiger partial charge on any atom is -0.462 e. The van der Waals surface area contributed by atoms with Crippen LogP contribution in [0.1, 0.15) is 252 Å². The number of hydrogen-bond donors (Lipinski definition) is 0. The Kier molecular flexibility index (Phi) is 39.4. The van der Waals surface area contributed by atoms with Crippen molar-refractivity contribution in [2.75, 3.05) is 13.2 Å². The molecule has 0 spiro atoms. The van der Waals surface area contributed by atoms with Gasteiger partial charge in [0.15, 0.2) is 6.10 Å². The molecule has 0 saturated carbocycles. The van der Waals surface area contributed by atoms with Crippen LogP contribution in [0.25, 0.3) is 0 Å². The molecule has 0 aromatic carbocycles. The first-order chi connectivity index (χ1) is 25.4. The van der Waals surface area contributed by atoms with Crippen LogP contribution in [0.2, 0.25) is 0 Å². The molecule has 0 bridgehead atoms. The number of hydrogen-bond acceptors (Lipinski definition) is 6. The molecule has 0 rings (SSSR count). The molecule has 0 fully saturated rings. The zero-order valence-electron chi connectivity index (χ0n) is 35.3. The number of rotatable bonds is 41. The minimum absolute atomic E-state index is 0.0640. The summed E-state index contributed by atoms with van der Waals surface area (Å²) in [6.07, 6.45) is 39.4. The maximum absolute atomic E-state index is 12.7. The Labute approximate surface area is 323 Å². The number of carbonyl (C=O) groups excluding carboxylic acids is 3. The fourth-order valence-corrected chi connectivity index (χ4v) is 6.80. The summed E-state index contributed by atoms with van der Waals surface area (Å²) in [6.45, 7) is 8.95. The molecule has 0 unspecified atom stereocenters. The van der Waals surface area contributed by atoms with Gasteiger partial charge in [0.1, 0.15) is 13.2 Å². The lowest BCUT2D eigenvalue weighted by Gasteiger charge is -2.18. The van der Waals surface area contributed by atoms with Crippen LogP contribution in [0.15, 0.2) is 0 Å². The second kappa shape index (κ2) is 40.6. The van der Waals surface area contributed by atoms with E-state index in [1.807, 2.05) is 0 Å². The molecule has 0 aliphatic heterocycles. The zero-order chi connectivity index (χ0) is 38.2. The third-order valence-corrected chi connectivity index (χ3v) is 10.3. The standard InChI is InChI=1S/C46H88O6/c1-5-7-9-11-13-15-17-18-19-21-25-29-33-37-44(47)50-40-43(52-46(49)39-35-31-27-20-16-14-12-10-8-6-2)41-51-45(48)38-34-30-26-23-22-24-28-32-36-42(3)4/h42-43H,5-41H2,1-4H3/t43-/m1/s1. The molecule has 6 heteroatoms. The van der Waals surface area contributed by atoms with Crippen molar-refractivity contribution in [1.82, 2.24) is 0 Å². The fraction of sp³-hybridized carbons (Fsp3) is 0.935. The average Bonchev–Trinajstić information content (AvgIpc) is 3.12. The van der Waals surface area contributed by atoms with E-state index < -0.39 is 6.10 Å². The zero-order valence-corrected chi connectivity index (χ0v) is 35.3. The summed E-state index contributed by atoms with van der Waals surface area (Å²) in [7, 11) is 0. The first-order valence-electron chi connectivity index (χ1n) is 22.9. The Balaban J connectivity index is 4.31. The van der Waals surface area contributed by atoms with E-state index in [1.54, 1.807) is 0 Å². The summed E-state index contributed by atoms with van der Waals surface area (Å²) in [5.41, 5.74) is 0. The third kappa shape index (κ3) is 39.6. The highest BCUT2D eigenvalue weighted by Gasteiger charge is 2.19. The maximum Gasteiger partial charge on any atom is 0.306 e. The quantitative estimate of drug-likeness (QED) is 0.0353. The molecule has 0 heterocycles. The molecule has 0 amide bonds. The van der Waals surface area contributed by atoms with Gasteiger partial charge in [-0.3, -0.25) is 14.4 Å². The van der Waals surface area contributed by atoms with Crippen LogP contribution in [-0.2, 0) is 28.6 Å². The van der Waals surface area contributed by atoms with Crippen molar-refractivity contribution in [1.29, 1.82) is 0 Å².